The van der Waals surface area contributed by atoms with Crippen molar-refractivity contribution < 1.29 is 4.79 Å². The molecule has 0 aromatic carbocycles. The number of hydrogen-bond acceptors (Lipinski definition) is 2. The highest BCUT2D eigenvalue weighted by atomic mass is 35.5. The van der Waals surface area contributed by atoms with Gasteiger partial charge in [-0.15, -0.1) is 12.4 Å². The van der Waals surface area contributed by atoms with E-state index < -0.39 is 6.03 Å². The second-order valence-corrected chi connectivity index (χ2v) is 0.858. The van der Waals surface area contributed by atoms with Gasteiger partial charge >= 0.3 is 6.03 Å². The first kappa shape index (κ1) is 15.7. The second-order valence-electron chi connectivity index (χ2n) is 0.858. The maximum Gasteiger partial charge on any atom is 0.309 e. The average Bonchev–Trinajstić information content (AvgIpc) is 1.25. The third-order valence-corrected chi connectivity index (χ3v) is 0. The van der Waals surface area contributed by atoms with E-state index in [1.54, 1.807) is 0 Å². The fourth-order valence-electron chi connectivity index (χ4n) is 0. The Bertz CT molecular complexity index is 73.0. The van der Waals surface area contributed by atoms with Gasteiger partial charge in [0.15, 0.2) is 5.96 Å². The molecular formula is C2H10ClN5O. The maximum absolute atomic E-state index is 9.00. The van der Waals surface area contributed by atoms with Crippen molar-refractivity contribution in [2.45, 2.75) is 0 Å². The van der Waals surface area contributed by atoms with E-state index in [-0.39, 0.29) is 18.4 Å². The minimum absolute atomic E-state index is 0. The van der Waals surface area contributed by atoms with Crippen molar-refractivity contribution >= 4 is 24.4 Å². The molecule has 9 heavy (non-hydrogen) atoms. The molecule has 7 heteroatoms. The quantitative estimate of drug-likeness (QED) is 0.210. The van der Waals surface area contributed by atoms with Crippen LogP contribution in [0.3, 0.4) is 0 Å². The minimum Gasteiger partial charge on any atom is -0.370 e. The van der Waals surface area contributed by atoms with Crippen LogP contribution in [0.4, 0.5) is 4.79 Å². The summed E-state index contributed by atoms with van der Waals surface area (Å²) in [4.78, 5) is 9.00. The van der Waals surface area contributed by atoms with E-state index in [2.05, 4.69) is 22.9 Å². The molecule has 0 atom stereocenters. The Balaban J connectivity index is -0.0000000720. The molecule has 0 saturated carbocycles. The summed E-state index contributed by atoms with van der Waals surface area (Å²) in [5.41, 5.74) is 17.4. The lowest BCUT2D eigenvalue weighted by atomic mass is 11.1. The lowest BCUT2D eigenvalue weighted by Gasteiger charge is -1.69. The fraction of sp³-hybridized carbons (Fsp3) is 0. The molecule has 0 spiro atoms. The third-order valence-electron chi connectivity index (χ3n) is 0. The monoisotopic (exact) mass is 155 g/mol. The Morgan fingerprint density at radius 1 is 1.11 bits per heavy atom. The number of urea groups is 1. The third kappa shape index (κ3) is 116. The predicted molar refractivity (Wildman–Crippen MR) is 37.1 cm³/mol. The van der Waals surface area contributed by atoms with Crippen LogP contribution in [0.15, 0.2) is 0 Å². The van der Waals surface area contributed by atoms with Crippen molar-refractivity contribution in [3.63, 3.8) is 0 Å². The zero-order valence-electron chi connectivity index (χ0n) is 4.63. The number of hydrogen-bond donors (Lipinski definition) is 5. The number of carbonyl (C=O) groups is 1. The Labute approximate surface area is 58.5 Å². The van der Waals surface area contributed by atoms with Crippen LogP contribution in [0.25, 0.3) is 0 Å². The van der Waals surface area contributed by atoms with E-state index in [0.717, 1.165) is 0 Å². The number of amides is 2. The van der Waals surface area contributed by atoms with Gasteiger partial charge in [-0.05, 0) is 0 Å². The van der Waals surface area contributed by atoms with E-state index in [1.807, 2.05) is 0 Å². The van der Waals surface area contributed by atoms with Crippen molar-refractivity contribution in [3.8, 4) is 0 Å². The molecule has 6 nitrogen and oxygen atoms in total. The summed E-state index contributed by atoms with van der Waals surface area (Å²) < 4.78 is 0. The van der Waals surface area contributed by atoms with Crippen molar-refractivity contribution in [1.82, 2.24) is 0 Å². The van der Waals surface area contributed by atoms with Gasteiger partial charge in [-0.25, -0.2) is 4.79 Å². The number of carbonyl (C=O) groups excluding carboxylic acids is 1. The Morgan fingerprint density at radius 2 is 1.11 bits per heavy atom. The number of rotatable bonds is 0. The summed E-state index contributed by atoms with van der Waals surface area (Å²) in [6.07, 6.45) is 0. The molecule has 0 aromatic rings. The van der Waals surface area contributed by atoms with Crippen molar-refractivity contribution in [3.05, 3.63) is 0 Å². The zero-order valence-corrected chi connectivity index (χ0v) is 5.44. The van der Waals surface area contributed by atoms with Gasteiger partial charge in [0.1, 0.15) is 0 Å². The molecule has 0 saturated heterocycles. The average molecular weight is 156 g/mol. The van der Waals surface area contributed by atoms with Crippen molar-refractivity contribution in [2.75, 3.05) is 0 Å². The first-order valence-electron chi connectivity index (χ1n) is 1.61. The van der Waals surface area contributed by atoms with Gasteiger partial charge in [0, 0.05) is 0 Å². The van der Waals surface area contributed by atoms with E-state index in [1.165, 1.54) is 0 Å². The van der Waals surface area contributed by atoms with E-state index >= 15 is 0 Å². The fourth-order valence-corrected chi connectivity index (χ4v) is 0. The van der Waals surface area contributed by atoms with Gasteiger partial charge < -0.3 is 22.9 Å². The molecule has 0 fully saturated rings. The van der Waals surface area contributed by atoms with Crippen LogP contribution < -0.4 is 22.9 Å². The van der Waals surface area contributed by atoms with E-state index in [0.29, 0.717) is 0 Å². The number of guanidine groups is 1. The van der Waals surface area contributed by atoms with Crippen molar-refractivity contribution in [1.29, 1.82) is 5.41 Å². The summed E-state index contributed by atoms with van der Waals surface area (Å²) in [6.45, 7) is 0. The van der Waals surface area contributed by atoms with Crippen LogP contribution in [0.1, 0.15) is 0 Å². The number of nitrogens with two attached hydrogens (primary N) is 4. The highest BCUT2D eigenvalue weighted by Crippen LogP contribution is 1.25. The molecule has 2 amide bonds. The molecule has 0 rings (SSSR count). The Kier molecular flexibility index (Phi) is 17.3. The molecular weight excluding hydrogens is 146 g/mol. The summed E-state index contributed by atoms with van der Waals surface area (Å²) >= 11 is 0. The number of halogens is 1. The number of primary amides is 2. The first-order valence-corrected chi connectivity index (χ1v) is 1.61. The van der Waals surface area contributed by atoms with Gasteiger partial charge in [0.25, 0.3) is 0 Å². The van der Waals surface area contributed by atoms with Gasteiger partial charge in [0.2, 0.25) is 0 Å². The smallest absolute Gasteiger partial charge is 0.309 e. The summed E-state index contributed by atoms with van der Waals surface area (Å²) in [7, 11) is 0. The van der Waals surface area contributed by atoms with E-state index in [4.69, 9.17) is 10.2 Å². The van der Waals surface area contributed by atoms with Crippen LogP contribution in [0.5, 0.6) is 0 Å². The lowest BCUT2D eigenvalue weighted by molar-refractivity contribution is 0.256. The zero-order chi connectivity index (χ0) is 7.15. The summed E-state index contributed by atoms with van der Waals surface area (Å²) in [6, 6.07) is -0.833. The summed E-state index contributed by atoms with van der Waals surface area (Å²) in [5.74, 6) is -0.333. The summed E-state index contributed by atoms with van der Waals surface area (Å²) in [5, 5.41) is 6.06. The molecule has 0 unspecified atom stereocenters. The van der Waals surface area contributed by atoms with Crippen LogP contribution in [-0.4, -0.2) is 12.0 Å². The standard InChI is InChI=1S/CH5N3.CH4N2O.ClH/c2*2-1(3)4;/h(H5,2,3,4);(H4,2,3,4);1H. The molecule has 0 aliphatic rings. The minimum atomic E-state index is -0.833. The molecule has 0 radical (unpaired) electrons. The van der Waals surface area contributed by atoms with Gasteiger partial charge in [-0.2, -0.15) is 0 Å². The predicted octanol–water partition coefficient (Wildman–Crippen LogP) is -1.72. The molecule has 0 aliphatic carbocycles. The van der Waals surface area contributed by atoms with E-state index in [9.17, 15) is 0 Å². The first-order chi connectivity index (χ1) is 3.46. The lowest BCUT2D eigenvalue weighted by Crippen LogP contribution is -2.20. The second kappa shape index (κ2) is 9.95. The molecule has 0 aliphatic heterocycles. The molecule has 56 valence electrons. The van der Waals surface area contributed by atoms with Crippen LogP contribution in [-0.2, 0) is 0 Å². The Morgan fingerprint density at radius 3 is 1.11 bits per heavy atom. The maximum atomic E-state index is 9.00. The molecule has 0 aromatic heterocycles. The normalized spacial score (nSPS) is 5.33. The van der Waals surface area contributed by atoms with Crippen LogP contribution in [0, 0.1) is 5.41 Å². The largest absolute Gasteiger partial charge is 0.370 e. The van der Waals surface area contributed by atoms with Crippen LogP contribution >= 0.6 is 12.4 Å². The molecule has 0 heterocycles. The van der Waals surface area contributed by atoms with Gasteiger partial charge in [-0.1, -0.05) is 0 Å². The highest BCUT2D eigenvalue weighted by molar-refractivity contribution is 5.85. The Hall–Kier alpha value is -1.17. The van der Waals surface area contributed by atoms with Crippen molar-refractivity contribution in [2.24, 2.45) is 22.9 Å². The van der Waals surface area contributed by atoms with Crippen LogP contribution in [0.2, 0.25) is 0 Å². The topological polar surface area (TPSA) is 145 Å². The van der Waals surface area contributed by atoms with Gasteiger partial charge in [0.05, 0.1) is 0 Å². The molecule has 0 bridgehead atoms. The number of nitrogens with one attached hydrogen (secondary N) is 1. The van der Waals surface area contributed by atoms with Gasteiger partial charge in [-0.3, -0.25) is 5.41 Å². The molecule has 9 N–H and O–H groups in total. The highest BCUT2D eigenvalue weighted by Gasteiger charge is 1.60. The SMILES string of the molecule is Cl.N=C(N)N.NC(N)=O.